The Labute approximate surface area is 405 Å². The quantitative estimate of drug-likeness (QED) is 0.154. The number of hydrogen-bond acceptors (Lipinski definition) is 3. The maximum Gasteiger partial charge on any atom is 0.148 e. The molecule has 0 saturated heterocycles. The van der Waals surface area contributed by atoms with Gasteiger partial charge in [0.15, 0.2) is 0 Å². The van der Waals surface area contributed by atoms with Crippen LogP contribution in [0.3, 0.4) is 0 Å². The maximum absolute atomic E-state index is 11.4. The summed E-state index contributed by atoms with van der Waals surface area (Å²) in [6.45, 7) is 14.4. The molecule has 0 saturated carbocycles. The van der Waals surface area contributed by atoms with E-state index in [1.54, 1.807) is 18.2 Å². The molecule has 7 aromatic carbocycles. The van der Waals surface area contributed by atoms with Gasteiger partial charge in [0.1, 0.15) is 11.6 Å². The summed E-state index contributed by atoms with van der Waals surface area (Å²) in [6, 6.07) is 55.6. The maximum atomic E-state index is 11.4. The van der Waals surface area contributed by atoms with Crippen molar-refractivity contribution in [2.45, 2.75) is 79.0 Å². The number of nitrogens with zero attached hydrogens (tertiary/aromatic N) is 3. The monoisotopic (exact) mass is 1030 g/mol. The molecule has 4 nitrogen and oxygen atoms in total. The van der Waals surface area contributed by atoms with Gasteiger partial charge >= 0.3 is 0 Å². The van der Waals surface area contributed by atoms with Crippen LogP contribution < -0.4 is 0 Å². The molecule has 0 fully saturated rings. The largest absolute Gasteiger partial charge is 0.507 e. The van der Waals surface area contributed by atoms with Crippen LogP contribution in [0.5, 0.6) is 5.75 Å². The number of aromatic nitrogens is 3. The topological polar surface area (TPSA) is 50.9 Å². The van der Waals surface area contributed by atoms with E-state index in [0.29, 0.717) is 28.1 Å². The molecular weight excluding hydrogens is 974 g/mol. The number of fused-ring (bicyclic) bond motifs is 1. The molecule has 0 bridgehead atoms. The molecule has 9 rings (SSSR count). The van der Waals surface area contributed by atoms with Gasteiger partial charge in [0, 0.05) is 38.4 Å². The van der Waals surface area contributed by atoms with Crippen LogP contribution in [0.25, 0.3) is 83.9 Å². The minimum atomic E-state index is -2.52. The van der Waals surface area contributed by atoms with E-state index >= 15 is 0 Å². The van der Waals surface area contributed by atoms with Crippen molar-refractivity contribution in [1.82, 2.24) is 14.5 Å². The van der Waals surface area contributed by atoms with Gasteiger partial charge in [-0.05, 0) is 110 Å². The molecule has 5 heteroatoms. The van der Waals surface area contributed by atoms with E-state index < -0.39 is 12.7 Å². The summed E-state index contributed by atoms with van der Waals surface area (Å²) < 4.78 is 37.4. The molecule has 0 amide bonds. The van der Waals surface area contributed by atoms with Crippen LogP contribution in [-0.2, 0) is 31.9 Å². The number of hydrogen-bond donors (Lipinski definition) is 1. The second-order valence-corrected chi connectivity index (χ2v) is 19.1. The fourth-order valence-corrected chi connectivity index (χ4v) is 8.38. The van der Waals surface area contributed by atoms with Crippen molar-refractivity contribution < 1.29 is 31.7 Å². The van der Waals surface area contributed by atoms with E-state index in [2.05, 4.69) is 108 Å². The van der Waals surface area contributed by atoms with Crippen LogP contribution in [0.15, 0.2) is 164 Å². The Balaban J connectivity index is 0.00000642. The van der Waals surface area contributed by atoms with Crippen LogP contribution in [0.2, 0.25) is 0 Å². The zero-order valence-corrected chi connectivity index (χ0v) is 40.5. The van der Waals surface area contributed by atoms with Crippen LogP contribution in [0.1, 0.15) is 89.0 Å². The van der Waals surface area contributed by atoms with Gasteiger partial charge in [0.25, 0.3) is 0 Å². The van der Waals surface area contributed by atoms with E-state index in [1.165, 1.54) is 11.1 Å². The van der Waals surface area contributed by atoms with E-state index in [9.17, 15) is 5.11 Å². The number of pyridine rings is 1. The Bertz CT molecular complexity index is 3300. The third-order valence-electron chi connectivity index (χ3n) is 12.2. The van der Waals surface area contributed by atoms with Gasteiger partial charge < -0.3 is 5.11 Å². The van der Waals surface area contributed by atoms with Crippen molar-refractivity contribution in [3.63, 3.8) is 0 Å². The molecule has 0 unspecified atom stereocenters. The Morgan fingerprint density at radius 3 is 1.89 bits per heavy atom. The molecule has 9 aromatic rings. The number of para-hydroxylation sites is 2. The first-order valence-corrected chi connectivity index (χ1v) is 22.0. The van der Waals surface area contributed by atoms with Crippen LogP contribution in [0, 0.1) is 12.9 Å². The predicted molar refractivity (Wildman–Crippen MR) is 268 cm³/mol. The Morgan fingerprint density at radius 1 is 0.600 bits per heavy atom. The summed E-state index contributed by atoms with van der Waals surface area (Å²) in [5, 5.41) is 11.4. The fraction of sp³-hybridized carbons (Fsp3) is 0.200. The van der Waals surface area contributed by atoms with Gasteiger partial charge in [-0.15, -0.1) is 23.8 Å². The van der Waals surface area contributed by atoms with Crippen LogP contribution in [0.4, 0.5) is 0 Å². The number of phenolic OH excluding ortho intramolecular Hbond substituents is 1. The second kappa shape index (κ2) is 17.9. The smallest absolute Gasteiger partial charge is 0.148 e. The van der Waals surface area contributed by atoms with Gasteiger partial charge in [-0.25, -0.2) is 4.98 Å². The summed E-state index contributed by atoms with van der Waals surface area (Å²) in [6.07, 6.45) is 1.81. The molecule has 1 N–H and O–H groups in total. The molecule has 0 atom stereocenters. The normalized spacial score (nSPS) is 13.1. The average molecular weight is 1030 g/mol. The average Bonchev–Trinajstić information content (AvgIpc) is 3.70. The molecule has 328 valence electrons. The van der Waals surface area contributed by atoms with Crippen molar-refractivity contribution in [3.05, 3.63) is 192 Å². The molecule has 65 heavy (non-hydrogen) atoms. The second-order valence-electron chi connectivity index (χ2n) is 19.1. The van der Waals surface area contributed by atoms with E-state index in [4.69, 9.17) is 15.5 Å². The number of aromatic hydroxyl groups is 1. The SMILES string of the molecule is [2H]C([2H])([2H])c1cc(-c2cc(C(C)(C)C)cc(C(C)(C)C)c2)ccc1-n1c(-c2ccccc2O)nc2c(-c3[c-]c(-c4cc(-c5ccc(C([2H])(C)C)cc5)ccn4)cc(-c4ccccc4)c3)cccc21.[Pt]. The minimum absolute atomic E-state index is 0. The number of rotatable bonds is 8. The summed E-state index contributed by atoms with van der Waals surface area (Å²) in [4.78, 5) is 10.2. The minimum Gasteiger partial charge on any atom is -0.507 e. The van der Waals surface area contributed by atoms with E-state index in [0.717, 1.165) is 61.3 Å². The van der Waals surface area contributed by atoms with Crippen molar-refractivity contribution in [1.29, 1.82) is 0 Å². The van der Waals surface area contributed by atoms with Crippen molar-refractivity contribution >= 4 is 11.0 Å². The van der Waals surface area contributed by atoms with Crippen molar-refractivity contribution in [2.24, 2.45) is 0 Å². The molecule has 0 spiro atoms. The summed E-state index contributed by atoms with van der Waals surface area (Å²) in [7, 11) is 0. The number of aryl methyl sites for hydroxylation is 1. The molecular formula is C60H56N3OPt-. The van der Waals surface area contributed by atoms with Crippen LogP contribution >= 0.6 is 0 Å². The molecule has 2 heterocycles. The van der Waals surface area contributed by atoms with Crippen molar-refractivity contribution in [3.8, 4) is 78.6 Å². The first kappa shape index (κ1) is 40.2. The van der Waals surface area contributed by atoms with Crippen molar-refractivity contribution in [2.75, 3.05) is 0 Å². The van der Waals surface area contributed by atoms with E-state index in [1.807, 2.05) is 103 Å². The first-order chi connectivity index (χ1) is 32.1. The third-order valence-corrected chi connectivity index (χ3v) is 12.2. The molecule has 0 radical (unpaired) electrons. The van der Waals surface area contributed by atoms with Gasteiger partial charge in [-0.2, -0.15) is 0 Å². The molecule has 0 aliphatic rings. The predicted octanol–water partition coefficient (Wildman–Crippen LogP) is 16.0. The Morgan fingerprint density at radius 2 is 1.22 bits per heavy atom. The Kier molecular flexibility index (Phi) is 11.1. The van der Waals surface area contributed by atoms with E-state index in [-0.39, 0.29) is 43.2 Å². The van der Waals surface area contributed by atoms with Gasteiger partial charge in [-0.3, -0.25) is 9.55 Å². The number of imidazole rings is 1. The summed E-state index contributed by atoms with van der Waals surface area (Å²) >= 11 is 0. The number of phenols is 1. The molecule has 0 aliphatic carbocycles. The zero-order valence-electron chi connectivity index (χ0n) is 42.2. The first-order valence-electron chi connectivity index (χ1n) is 24.0. The fourth-order valence-electron chi connectivity index (χ4n) is 8.38. The van der Waals surface area contributed by atoms with Gasteiger partial charge in [-0.1, -0.05) is 181 Å². The molecule has 0 aliphatic heterocycles. The van der Waals surface area contributed by atoms with Crippen LogP contribution in [-0.4, -0.2) is 19.6 Å². The Hall–Kier alpha value is -6.35. The number of benzene rings is 7. The standard InChI is InChI=1S/C60H56N3O.Pt/c1-38(2)40-22-24-42(25-23-40)44-28-29-61-53(36-44)48-32-45(41-16-11-10-12-17-41)31-47(33-48)51-19-15-20-55-57(51)62-58(52-18-13-14-21-56(52)64)63(55)54-27-26-43(30-39(54)3)46-34-49(59(4,5)6)37-50(35-46)60(7,8)9;/h10-32,34-38,64H,1-9H3;/q-1;/i3D3,38D;. The summed E-state index contributed by atoms with van der Waals surface area (Å²) in [5.74, 6) is -0.276. The third kappa shape index (κ3) is 9.15. The molecule has 2 aromatic heterocycles. The summed E-state index contributed by atoms with van der Waals surface area (Å²) in [5.41, 5.74) is 14.2. The van der Waals surface area contributed by atoms with Gasteiger partial charge in [0.05, 0.1) is 22.3 Å². The van der Waals surface area contributed by atoms with Gasteiger partial charge in [0.2, 0.25) is 0 Å². The zero-order chi connectivity index (χ0) is 48.3.